The molecule has 3 N–H and O–H groups in total. The van der Waals surface area contributed by atoms with Gasteiger partial charge in [0.15, 0.2) is 0 Å². The minimum atomic E-state index is 0.774. The highest BCUT2D eigenvalue weighted by Crippen LogP contribution is 2.29. The Kier molecular flexibility index (Phi) is 2.80. The van der Waals surface area contributed by atoms with Gasteiger partial charge >= 0.3 is 0 Å². The topological polar surface area (TPSA) is 50.9 Å². The van der Waals surface area contributed by atoms with Gasteiger partial charge in [-0.3, -0.25) is 4.98 Å². The first-order valence-corrected chi connectivity index (χ1v) is 6.21. The molecule has 0 atom stereocenters. The molecule has 0 bridgehead atoms. The Hall–Kier alpha value is -2.55. The second kappa shape index (κ2) is 4.61. The molecule has 94 valence electrons. The van der Waals surface area contributed by atoms with Crippen molar-refractivity contribution in [1.82, 2.24) is 4.98 Å². The van der Waals surface area contributed by atoms with Gasteiger partial charge in [0.1, 0.15) is 0 Å². The van der Waals surface area contributed by atoms with Gasteiger partial charge in [0.2, 0.25) is 0 Å². The number of benzene rings is 2. The summed E-state index contributed by atoms with van der Waals surface area (Å²) in [5, 5.41) is 4.48. The van der Waals surface area contributed by atoms with Crippen LogP contribution in [0.15, 0.2) is 54.7 Å². The van der Waals surface area contributed by atoms with Gasteiger partial charge in [0.25, 0.3) is 0 Å². The molecule has 0 unspecified atom stereocenters. The summed E-state index contributed by atoms with van der Waals surface area (Å²) in [5.74, 6) is 0. The number of hydrogen-bond acceptors (Lipinski definition) is 3. The van der Waals surface area contributed by atoms with E-state index in [1.165, 1.54) is 0 Å². The number of fused-ring (bicyclic) bond motifs is 1. The number of nitrogens with zero attached hydrogens (tertiary/aromatic N) is 1. The van der Waals surface area contributed by atoms with E-state index in [4.69, 9.17) is 5.73 Å². The van der Waals surface area contributed by atoms with Gasteiger partial charge in [0, 0.05) is 11.6 Å². The zero-order chi connectivity index (χ0) is 13.2. The first-order valence-electron chi connectivity index (χ1n) is 6.21. The fourth-order valence-electron chi connectivity index (χ4n) is 2.14. The number of pyridine rings is 1. The minimum Gasteiger partial charge on any atom is -0.397 e. The van der Waals surface area contributed by atoms with Crippen LogP contribution in [0.4, 0.5) is 17.1 Å². The second-order valence-electron chi connectivity index (χ2n) is 4.54. The molecule has 19 heavy (non-hydrogen) atoms. The first kappa shape index (κ1) is 11.5. The number of nitrogen functional groups attached to an aromatic ring is 1. The van der Waals surface area contributed by atoms with Crippen LogP contribution in [0.3, 0.4) is 0 Å². The zero-order valence-corrected chi connectivity index (χ0v) is 10.7. The lowest BCUT2D eigenvalue weighted by Crippen LogP contribution is -1.99. The van der Waals surface area contributed by atoms with Crippen molar-refractivity contribution in [3.05, 3.63) is 60.3 Å². The van der Waals surface area contributed by atoms with Crippen LogP contribution in [-0.4, -0.2) is 4.98 Å². The Morgan fingerprint density at radius 2 is 1.68 bits per heavy atom. The molecule has 0 spiro atoms. The third kappa shape index (κ3) is 2.10. The van der Waals surface area contributed by atoms with Crippen LogP contribution in [0.2, 0.25) is 0 Å². The van der Waals surface area contributed by atoms with E-state index < -0.39 is 0 Å². The summed E-state index contributed by atoms with van der Waals surface area (Å²) in [6.07, 6.45) is 1.80. The Morgan fingerprint density at radius 1 is 0.947 bits per heavy atom. The van der Waals surface area contributed by atoms with Crippen molar-refractivity contribution in [2.24, 2.45) is 0 Å². The van der Waals surface area contributed by atoms with E-state index in [9.17, 15) is 0 Å². The molecule has 1 aromatic heterocycles. The Balaban J connectivity index is 2.09. The quantitative estimate of drug-likeness (QED) is 0.678. The Bertz CT molecular complexity index is 730. The maximum Gasteiger partial charge on any atom is 0.0936 e. The summed E-state index contributed by atoms with van der Waals surface area (Å²) < 4.78 is 0. The summed E-state index contributed by atoms with van der Waals surface area (Å²) in [7, 11) is 0. The van der Waals surface area contributed by atoms with Gasteiger partial charge in [-0.15, -0.1) is 0 Å². The molecule has 0 saturated carbocycles. The van der Waals surface area contributed by atoms with Gasteiger partial charge in [-0.1, -0.05) is 30.3 Å². The van der Waals surface area contributed by atoms with E-state index >= 15 is 0 Å². The summed E-state index contributed by atoms with van der Waals surface area (Å²) >= 11 is 0. The molecule has 3 rings (SSSR count). The van der Waals surface area contributed by atoms with Crippen molar-refractivity contribution in [2.45, 2.75) is 6.92 Å². The maximum atomic E-state index is 6.09. The smallest absolute Gasteiger partial charge is 0.0936 e. The Labute approximate surface area is 112 Å². The predicted octanol–water partition coefficient (Wildman–Crippen LogP) is 3.87. The van der Waals surface area contributed by atoms with Gasteiger partial charge in [-0.2, -0.15) is 0 Å². The molecular weight excluding hydrogens is 234 g/mol. The van der Waals surface area contributed by atoms with E-state index in [-0.39, 0.29) is 0 Å². The van der Waals surface area contributed by atoms with Gasteiger partial charge in [-0.05, 0) is 30.7 Å². The lowest BCUT2D eigenvalue weighted by Gasteiger charge is -2.12. The summed E-state index contributed by atoms with van der Waals surface area (Å²) in [5.41, 5.74) is 10.8. The fourth-order valence-corrected chi connectivity index (χ4v) is 2.14. The van der Waals surface area contributed by atoms with Crippen molar-refractivity contribution in [3.8, 4) is 0 Å². The molecule has 0 fully saturated rings. The van der Waals surface area contributed by atoms with Crippen LogP contribution in [0, 0.1) is 6.92 Å². The second-order valence-corrected chi connectivity index (χ2v) is 4.54. The Morgan fingerprint density at radius 3 is 2.58 bits per heavy atom. The van der Waals surface area contributed by atoms with E-state index in [2.05, 4.69) is 10.3 Å². The highest BCUT2D eigenvalue weighted by Gasteiger charge is 2.05. The van der Waals surface area contributed by atoms with Crippen LogP contribution in [0.1, 0.15) is 5.56 Å². The number of nitrogens with two attached hydrogens (primary N) is 1. The minimum absolute atomic E-state index is 0.774. The molecule has 0 amide bonds. The SMILES string of the molecule is Cc1cccc(Nc2cccc3cccnc23)c1N. The molecule has 3 heteroatoms. The average Bonchev–Trinajstić information content (AvgIpc) is 2.44. The molecular formula is C16H15N3. The van der Waals surface area contributed by atoms with Crippen LogP contribution in [-0.2, 0) is 0 Å². The van der Waals surface area contributed by atoms with Crippen LogP contribution in [0.25, 0.3) is 10.9 Å². The molecule has 2 aromatic carbocycles. The molecule has 0 radical (unpaired) electrons. The first-order chi connectivity index (χ1) is 9.25. The summed E-state index contributed by atoms with van der Waals surface area (Å²) in [6, 6.07) is 16.0. The fraction of sp³-hybridized carbons (Fsp3) is 0.0625. The molecule has 0 aliphatic carbocycles. The number of hydrogen-bond donors (Lipinski definition) is 2. The largest absolute Gasteiger partial charge is 0.397 e. The van der Waals surface area contributed by atoms with Crippen molar-refractivity contribution in [3.63, 3.8) is 0 Å². The predicted molar refractivity (Wildman–Crippen MR) is 80.6 cm³/mol. The van der Waals surface area contributed by atoms with Crippen LogP contribution in [0.5, 0.6) is 0 Å². The highest BCUT2D eigenvalue weighted by molar-refractivity contribution is 5.93. The maximum absolute atomic E-state index is 6.09. The molecule has 1 heterocycles. The third-order valence-electron chi connectivity index (χ3n) is 3.23. The standard InChI is InChI=1S/C16H15N3/c1-11-5-2-8-13(15(11)17)19-14-9-3-6-12-7-4-10-18-16(12)14/h2-10,19H,17H2,1H3. The van der Waals surface area contributed by atoms with E-state index in [1.54, 1.807) is 6.20 Å². The number of para-hydroxylation sites is 2. The van der Waals surface area contributed by atoms with Crippen molar-refractivity contribution in [1.29, 1.82) is 0 Å². The zero-order valence-electron chi connectivity index (χ0n) is 10.7. The van der Waals surface area contributed by atoms with Crippen molar-refractivity contribution in [2.75, 3.05) is 11.1 Å². The van der Waals surface area contributed by atoms with Gasteiger partial charge < -0.3 is 11.1 Å². The number of aryl methyl sites for hydroxylation is 1. The highest BCUT2D eigenvalue weighted by atomic mass is 14.9. The van der Waals surface area contributed by atoms with E-state index in [1.807, 2.05) is 55.5 Å². The molecule has 3 aromatic rings. The third-order valence-corrected chi connectivity index (χ3v) is 3.23. The van der Waals surface area contributed by atoms with Gasteiger partial charge in [-0.25, -0.2) is 0 Å². The number of nitrogens with one attached hydrogen (secondary N) is 1. The average molecular weight is 249 g/mol. The summed E-state index contributed by atoms with van der Waals surface area (Å²) in [6.45, 7) is 2.00. The van der Waals surface area contributed by atoms with Crippen molar-refractivity contribution < 1.29 is 0 Å². The molecule has 0 aliphatic rings. The van der Waals surface area contributed by atoms with E-state index in [0.717, 1.165) is 33.5 Å². The normalized spacial score (nSPS) is 10.6. The number of aromatic nitrogens is 1. The lowest BCUT2D eigenvalue weighted by molar-refractivity contribution is 1.40. The van der Waals surface area contributed by atoms with Crippen LogP contribution < -0.4 is 11.1 Å². The van der Waals surface area contributed by atoms with Crippen molar-refractivity contribution >= 4 is 28.0 Å². The lowest BCUT2D eigenvalue weighted by atomic mass is 10.1. The molecule has 0 aliphatic heterocycles. The monoisotopic (exact) mass is 249 g/mol. The number of rotatable bonds is 2. The molecule has 3 nitrogen and oxygen atoms in total. The molecule has 0 saturated heterocycles. The van der Waals surface area contributed by atoms with Gasteiger partial charge in [0.05, 0.1) is 22.6 Å². The van der Waals surface area contributed by atoms with E-state index in [0.29, 0.717) is 0 Å². The summed E-state index contributed by atoms with van der Waals surface area (Å²) in [4.78, 5) is 4.43. The number of anilines is 3. The van der Waals surface area contributed by atoms with Crippen LogP contribution >= 0.6 is 0 Å².